The first-order chi connectivity index (χ1) is 7.81. The first kappa shape index (κ1) is 15.9. The van der Waals surface area contributed by atoms with E-state index in [4.69, 9.17) is 4.74 Å². The van der Waals surface area contributed by atoms with Gasteiger partial charge in [0.1, 0.15) is 0 Å². The molecule has 0 aliphatic rings. The average molecular weight is 229 g/mol. The lowest BCUT2D eigenvalue weighted by Crippen LogP contribution is -2.27. The van der Waals surface area contributed by atoms with Crippen molar-refractivity contribution in [3.05, 3.63) is 0 Å². The van der Waals surface area contributed by atoms with Crippen LogP contribution in [0.5, 0.6) is 0 Å². The number of nitrogens with one attached hydrogen (secondary N) is 1. The summed E-state index contributed by atoms with van der Waals surface area (Å²) in [5.41, 5.74) is 0. The van der Waals surface area contributed by atoms with Crippen molar-refractivity contribution < 1.29 is 4.74 Å². The van der Waals surface area contributed by atoms with Crippen LogP contribution in [-0.4, -0.2) is 25.8 Å². The van der Waals surface area contributed by atoms with Gasteiger partial charge in [-0.25, -0.2) is 0 Å². The van der Waals surface area contributed by atoms with Gasteiger partial charge in [0.2, 0.25) is 0 Å². The maximum absolute atomic E-state index is 5.51. The van der Waals surface area contributed by atoms with Crippen molar-refractivity contribution in [2.24, 2.45) is 0 Å². The quantitative estimate of drug-likeness (QED) is 0.515. The molecule has 1 atom stereocenters. The fourth-order valence-corrected chi connectivity index (χ4v) is 1.67. The molecule has 0 amide bonds. The van der Waals surface area contributed by atoms with Crippen LogP contribution in [0, 0.1) is 0 Å². The molecule has 0 radical (unpaired) electrons. The molecule has 0 bridgehead atoms. The minimum Gasteiger partial charge on any atom is -0.381 e. The van der Waals surface area contributed by atoms with Gasteiger partial charge in [-0.15, -0.1) is 0 Å². The third kappa shape index (κ3) is 12.0. The lowest BCUT2D eigenvalue weighted by atomic mass is 10.1. The van der Waals surface area contributed by atoms with Gasteiger partial charge in [-0.3, -0.25) is 0 Å². The highest BCUT2D eigenvalue weighted by molar-refractivity contribution is 4.60. The Kier molecular flexibility index (Phi) is 12.9. The molecular weight excluding hydrogens is 198 g/mol. The Morgan fingerprint density at radius 3 is 2.31 bits per heavy atom. The molecule has 2 nitrogen and oxygen atoms in total. The Morgan fingerprint density at radius 2 is 1.62 bits per heavy atom. The third-order valence-electron chi connectivity index (χ3n) is 2.84. The van der Waals surface area contributed by atoms with Gasteiger partial charge in [-0.05, 0) is 32.7 Å². The summed E-state index contributed by atoms with van der Waals surface area (Å²) in [7, 11) is 0. The van der Waals surface area contributed by atoms with E-state index in [1.165, 1.54) is 38.5 Å². The number of rotatable bonds is 12. The molecule has 0 aromatic rings. The highest BCUT2D eigenvalue weighted by Gasteiger charge is 1.99. The number of hydrogen-bond acceptors (Lipinski definition) is 2. The molecule has 0 spiro atoms. The topological polar surface area (TPSA) is 21.3 Å². The van der Waals surface area contributed by atoms with Crippen LogP contribution in [0.3, 0.4) is 0 Å². The lowest BCUT2D eigenvalue weighted by Gasteiger charge is -2.13. The summed E-state index contributed by atoms with van der Waals surface area (Å²) in [5.74, 6) is 0. The van der Waals surface area contributed by atoms with E-state index in [1.807, 2.05) is 0 Å². The Labute approximate surface area is 102 Å². The van der Waals surface area contributed by atoms with Crippen molar-refractivity contribution >= 4 is 0 Å². The average Bonchev–Trinajstić information content (AvgIpc) is 2.28. The van der Waals surface area contributed by atoms with Gasteiger partial charge in [0, 0.05) is 19.3 Å². The number of ether oxygens (including phenoxy) is 1. The predicted octanol–water partition coefficient (Wildman–Crippen LogP) is 3.75. The fourth-order valence-electron chi connectivity index (χ4n) is 1.67. The predicted molar refractivity (Wildman–Crippen MR) is 72.0 cm³/mol. The Balaban J connectivity index is 3.06. The third-order valence-corrected chi connectivity index (χ3v) is 2.84. The van der Waals surface area contributed by atoms with Gasteiger partial charge in [-0.2, -0.15) is 0 Å². The first-order valence-corrected chi connectivity index (χ1v) is 7.12. The zero-order valence-corrected chi connectivity index (χ0v) is 11.6. The largest absolute Gasteiger partial charge is 0.381 e. The standard InChI is InChI=1S/C14H31NO/c1-4-6-8-10-14(3)15-11-9-13-16-12-7-5-2/h14-15H,4-13H2,1-3H3. The fraction of sp³-hybridized carbons (Fsp3) is 1.00. The molecule has 16 heavy (non-hydrogen) atoms. The van der Waals surface area contributed by atoms with Crippen molar-refractivity contribution in [1.29, 1.82) is 0 Å². The minimum atomic E-state index is 0.669. The van der Waals surface area contributed by atoms with Crippen LogP contribution in [-0.2, 0) is 4.74 Å². The molecule has 1 unspecified atom stereocenters. The van der Waals surface area contributed by atoms with Gasteiger partial charge in [0.15, 0.2) is 0 Å². The van der Waals surface area contributed by atoms with Crippen molar-refractivity contribution in [2.75, 3.05) is 19.8 Å². The lowest BCUT2D eigenvalue weighted by molar-refractivity contribution is 0.128. The smallest absolute Gasteiger partial charge is 0.0478 e. The van der Waals surface area contributed by atoms with Crippen molar-refractivity contribution in [3.63, 3.8) is 0 Å². The summed E-state index contributed by atoms with van der Waals surface area (Å²) in [6, 6.07) is 0.669. The number of hydrogen-bond donors (Lipinski definition) is 1. The molecule has 2 heteroatoms. The Morgan fingerprint density at radius 1 is 0.938 bits per heavy atom. The monoisotopic (exact) mass is 229 g/mol. The van der Waals surface area contributed by atoms with E-state index in [1.54, 1.807) is 0 Å². The van der Waals surface area contributed by atoms with Crippen LogP contribution in [0.25, 0.3) is 0 Å². The second kappa shape index (κ2) is 13.0. The summed E-state index contributed by atoms with van der Waals surface area (Å²) in [5, 5.41) is 3.55. The van der Waals surface area contributed by atoms with E-state index in [-0.39, 0.29) is 0 Å². The van der Waals surface area contributed by atoms with Gasteiger partial charge >= 0.3 is 0 Å². The zero-order chi connectivity index (χ0) is 12.1. The molecule has 0 heterocycles. The molecule has 0 aromatic carbocycles. The van der Waals surface area contributed by atoms with E-state index in [0.717, 1.165) is 26.2 Å². The molecular formula is C14H31NO. The van der Waals surface area contributed by atoms with Crippen LogP contribution < -0.4 is 5.32 Å². The van der Waals surface area contributed by atoms with Crippen LogP contribution in [0.15, 0.2) is 0 Å². The molecule has 0 fully saturated rings. The summed E-state index contributed by atoms with van der Waals surface area (Å²) >= 11 is 0. The van der Waals surface area contributed by atoms with Gasteiger partial charge in [-0.1, -0.05) is 39.5 Å². The normalized spacial score (nSPS) is 12.9. The molecule has 98 valence electrons. The van der Waals surface area contributed by atoms with E-state index in [2.05, 4.69) is 26.1 Å². The minimum absolute atomic E-state index is 0.669. The van der Waals surface area contributed by atoms with Crippen molar-refractivity contribution in [2.45, 2.75) is 71.8 Å². The maximum Gasteiger partial charge on any atom is 0.0478 e. The van der Waals surface area contributed by atoms with E-state index >= 15 is 0 Å². The molecule has 0 aromatic heterocycles. The molecule has 1 N–H and O–H groups in total. The SMILES string of the molecule is CCCCCC(C)NCCCOCCCC. The molecule has 0 saturated heterocycles. The molecule has 0 aliphatic heterocycles. The maximum atomic E-state index is 5.51. The summed E-state index contributed by atoms with van der Waals surface area (Å²) in [6.45, 7) is 9.68. The zero-order valence-electron chi connectivity index (χ0n) is 11.6. The van der Waals surface area contributed by atoms with Crippen molar-refractivity contribution in [3.8, 4) is 0 Å². The van der Waals surface area contributed by atoms with Gasteiger partial charge < -0.3 is 10.1 Å². The van der Waals surface area contributed by atoms with Gasteiger partial charge in [0.25, 0.3) is 0 Å². The van der Waals surface area contributed by atoms with Crippen LogP contribution in [0.4, 0.5) is 0 Å². The highest BCUT2D eigenvalue weighted by atomic mass is 16.5. The summed E-state index contributed by atoms with van der Waals surface area (Å²) in [4.78, 5) is 0. The number of unbranched alkanes of at least 4 members (excludes halogenated alkanes) is 3. The van der Waals surface area contributed by atoms with Crippen LogP contribution >= 0.6 is 0 Å². The summed E-state index contributed by atoms with van der Waals surface area (Å²) < 4.78 is 5.51. The molecule has 0 aliphatic carbocycles. The van der Waals surface area contributed by atoms with E-state index in [0.29, 0.717) is 6.04 Å². The highest BCUT2D eigenvalue weighted by Crippen LogP contribution is 2.02. The van der Waals surface area contributed by atoms with E-state index < -0.39 is 0 Å². The first-order valence-electron chi connectivity index (χ1n) is 7.12. The van der Waals surface area contributed by atoms with E-state index in [9.17, 15) is 0 Å². The summed E-state index contributed by atoms with van der Waals surface area (Å²) in [6.07, 6.45) is 8.92. The van der Waals surface area contributed by atoms with Gasteiger partial charge in [0.05, 0.1) is 0 Å². The second-order valence-corrected chi connectivity index (χ2v) is 4.67. The van der Waals surface area contributed by atoms with Crippen LogP contribution in [0.1, 0.15) is 65.7 Å². The van der Waals surface area contributed by atoms with Crippen LogP contribution in [0.2, 0.25) is 0 Å². The molecule has 0 saturated carbocycles. The van der Waals surface area contributed by atoms with Crippen molar-refractivity contribution in [1.82, 2.24) is 5.32 Å². The Hall–Kier alpha value is -0.0800. The second-order valence-electron chi connectivity index (χ2n) is 4.67. The Bertz CT molecular complexity index is 128. The molecule has 0 rings (SSSR count).